The van der Waals surface area contributed by atoms with Crippen molar-refractivity contribution in [2.75, 3.05) is 165 Å². The molecule has 0 amide bonds. The highest BCUT2D eigenvalue weighted by atomic mass is 28.4. The highest BCUT2D eigenvalue weighted by molar-refractivity contribution is 6.74. The van der Waals surface area contributed by atoms with Crippen LogP contribution in [0, 0.1) is 0 Å². The Morgan fingerprint density at radius 1 is 0.388 bits per heavy atom. The Labute approximate surface area is 295 Å². The van der Waals surface area contributed by atoms with Crippen LogP contribution < -0.4 is 0 Å². The molecule has 0 radical (unpaired) electrons. The molecule has 0 aromatic rings. The van der Waals surface area contributed by atoms with Crippen molar-refractivity contribution in [3.63, 3.8) is 0 Å². The van der Waals surface area contributed by atoms with Gasteiger partial charge in [0.1, 0.15) is 0 Å². The summed E-state index contributed by atoms with van der Waals surface area (Å²) < 4.78 is 71.3. The van der Waals surface area contributed by atoms with E-state index in [2.05, 4.69) is 33.9 Å². The maximum absolute atomic E-state index is 10.3. The minimum Gasteiger partial charge on any atom is -0.481 e. The van der Waals surface area contributed by atoms with E-state index in [0.717, 1.165) is 0 Å². The summed E-state index contributed by atoms with van der Waals surface area (Å²) in [5, 5.41) is 8.70. The Morgan fingerprint density at radius 3 is 0.755 bits per heavy atom. The van der Waals surface area contributed by atoms with Crippen molar-refractivity contribution < 1.29 is 71.2 Å². The smallest absolute Gasteiger partial charge is 0.305 e. The molecule has 0 bridgehead atoms. The maximum Gasteiger partial charge on any atom is 0.305 e. The molecule has 1 N–H and O–H groups in total. The average Bonchev–Trinajstić information content (AvgIpc) is 3.05. The first-order valence-corrected chi connectivity index (χ1v) is 20.4. The van der Waals surface area contributed by atoms with Crippen LogP contribution in [0.3, 0.4) is 0 Å². The topological polar surface area (TPSA) is 157 Å². The van der Waals surface area contributed by atoms with Gasteiger partial charge in [0.2, 0.25) is 0 Å². The largest absolute Gasteiger partial charge is 0.481 e. The maximum atomic E-state index is 10.3. The van der Waals surface area contributed by atoms with Crippen LogP contribution in [0.1, 0.15) is 27.2 Å². The van der Waals surface area contributed by atoms with Crippen LogP contribution in [0.15, 0.2) is 0 Å². The Morgan fingerprint density at radius 2 is 0.571 bits per heavy atom. The summed E-state index contributed by atoms with van der Waals surface area (Å²) in [6.07, 6.45) is -0.00266. The van der Waals surface area contributed by atoms with Crippen LogP contribution in [-0.4, -0.2) is 185 Å². The van der Waals surface area contributed by atoms with Gasteiger partial charge >= 0.3 is 5.97 Å². The van der Waals surface area contributed by atoms with Gasteiger partial charge in [0.15, 0.2) is 8.32 Å². The highest BCUT2D eigenvalue weighted by Crippen LogP contribution is 2.36. The summed E-state index contributed by atoms with van der Waals surface area (Å²) in [4.78, 5) is 10.3. The van der Waals surface area contributed by atoms with Gasteiger partial charge in [0.05, 0.1) is 172 Å². The van der Waals surface area contributed by atoms with Crippen molar-refractivity contribution in [2.24, 2.45) is 0 Å². The Bertz CT molecular complexity index is 697. The molecule has 15 nitrogen and oxygen atoms in total. The molecule has 0 saturated carbocycles. The second kappa shape index (κ2) is 35.6. The van der Waals surface area contributed by atoms with Crippen LogP contribution in [0.2, 0.25) is 18.1 Å². The van der Waals surface area contributed by atoms with E-state index in [9.17, 15) is 4.79 Å². The molecule has 0 heterocycles. The van der Waals surface area contributed by atoms with Gasteiger partial charge in [-0.3, -0.25) is 4.79 Å². The number of ether oxygens (including phenoxy) is 12. The number of rotatable bonds is 40. The molecular formula is C33H68O15Si. The quantitative estimate of drug-likeness (QED) is 0.0724. The fraction of sp³-hybridized carbons (Fsp3) is 0.970. The molecule has 0 rings (SSSR count). The average molecular weight is 733 g/mol. The first kappa shape index (κ1) is 48.2. The Balaban J connectivity index is 3.12. The van der Waals surface area contributed by atoms with Crippen LogP contribution >= 0.6 is 0 Å². The fourth-order valence-corrected chi connectivity index (χ4v) is 4.28. The lowest BCUT2D eigenvalue weighted by Crippen LogP contribution is -2.41. The van der Waals surface area contributed by atoms with Crippen LogP contribution in [0.4, 0.5) is 0 Å². The zero-order chi connectivity index (χ0) is 36.2. The monoisotopic (exact) mass is 732 g/mol. The summed E-state index contributed by atoms with van der Waals surface area (Å²) in [6, 6.07) is 0. The van der Waals surface area contributed by atoms with Gasteiger partial charge in [0.25, 0.3) is 0 Å². The van der Waals surface area contributed by atoms with Gasteiger partial charge in [0, 0.05) is 0 Å². The molecule has 0 aliphatic carbocycles. The highest BCUT2D eigenvalue weighted by Gasteiger charge is 2.36. The minimum absolute atomic E-state index is 0.00266. The molecular weight excluding hydrogens is 664 g/mol. The van der Waals surface area contributed by atoms with Gasteiger partial charge in [-0.2, -0.15) is 0 Å². The predicted molar refractivity (Wildman–Crippen MR) is 185 cm³/mol. The molecule has 294 valence electrons. The number of carboxylic acid groups (broad SMARTS) is 1. The number of aliphatic carboxylic acids is 1. The minimum atomic E-state index is -1.70. The molecule has 0 aromatic heterocycles. The van der Waals surface area contributed by atoms with Crippen molar-refractivity contribution in [1.82, 2.24) is 0 Å². The number of hydrogen-bond acceptors (Lipinski definition) is 14. The normalized spacial score (nSPS) is 12.3. The lowest BCUT2D eigenvalue weighted by molar-refractivity contribution is -0.138. The second-order valence-electron chi connectivity index (χ2n) is 12.1. The van der Waals surface area contributed by atoms with Crippen LogP contribution in [0.5, 0.6) is 0 Å². The third-order valence-electron chi connectivity index (χ3n) is 7.05. The number of hydrogen-bond donors (Lipinski definition) is 1. The van der Waals surface area contributed by atoms with Gasteiger partial charge in [-0.25, -0.2) is 0 Å². The third kappa shape index (κ3) is 36.8. The van der Waals surface area contributed by atoms with E-state index in [0.29, 0.717) is 159 Å². The van der Waals surface area contributed by atoms with Crippen molar-refractivity contribution >= 4 is 14.3 Å². The lowest BCUT2D eigenvalue weighted by Gasteiger charge is -2.36. The molecule has 0 spiro atoms. The van der Waals surface area contributed by atoms with Gasteiger partial charge in [-0.15, -0.1) is 0 Å². The SMILES string of the molecule is CC(C)(C)[Si](C)(C)OCCOCCOCCOCCOCCOCCOCCOCCOCCOCCOCCOCCOCCC(=O)O. The van der Waals surface area contributed by atoms with E-state index in [1.807, 2.05) is 0 Å². The van der Waals surface area contributed by atoms with Crippen molar-refractivity contribution in [2.45, 2.75) is 45.3 Å². The molecule has 0 atom stereocenters. The van der Waals surface area contributed by atoms with Crippen molar-refractivity contribution in [3.8, 4) is 0 Å². The zero-order valence-electron chi connectivity index (χ0n) is 31.0. The summed E-state index contributed by atoms with van der Waals surface area (Å²) >= 11 is 0. The van der Waals surface area contributed by atoms with Gasteiger partial charge < -0.3 is 66.4 Å². The summed E-state index contributed by atoms with van der Waals surface area (Å²) in [7, 11) is -1.70. The van der Waals surface area contributed by atoms with E-state index < -0.39 is 14.3 Å². The molecule has 49 heavy (non-hydrogen) atoms. The first-order valence-electron chi connectivity index (χ1n) is 17.5. The molecule has 0 aliphatic heterocycles. The van der Waals surface area contributed by atoms with E-state index in [-0.39, 0.29) is 18.1 Å². The third-order valence-corrected chi connectivity index (χ3v) is 11.6. The van der Waals surface area contributed by atoms with Crippen LogP contribution in [0.25, 0.3) is 0 Å². The Hall–Kier alpha value is -0.833. The van der Waals surface area contributed by atoms with Gasteiger partial charge in [-0.05, 0) is 18.1 Å². The van der Waals surface area contributed by atoms with E-state index in [4.69, 9.17) is 66.4 Å². The standard InChI is InChI=1S/C33H68O15Si/c1-33(2,3)49(4,5)48-31-30-47-29-28-46-27-26-45-25-24-44-23-22-43-21-20-42-19-18-41-17-16-40-15-14-39-13-12-38-11-10-37-9-8-36-7-6-32(34)35/h6-31H2,1-5H3,(H,34,35). The number of carbonyl (C=O) groups is 1. The van der Waals surface area contributed by atoms with E-state index >= 15 is 0 Å². The van der Waals surface area contributed by atoms with Gasteiger partial charge in [-0.1, -0.05) is 20.8 Å². The number of carboxylic acids is 1. The van der Waals surface area contributed by atoms with E-state index in [1.54, 1.807) is 0 Å². The zero-order valence-corrected chi connectivity index (χ0v) is 32.0. The fourth-order valence-electron chi connectivity index (χ4n) is 3.25. The first-order chi connectivity index (χ1) is 23.7. The second-order valence-corrected chi connectivity index (χ2v) is 16.9. The van der Waals surface area contributed by atoms with E-state index in [1.165, 1.54) is 0 Å². The van der Waals surface area contributed by atoms with Crippen molar-refractivity contribution in [3.05, 3.63) is 0 Å². The molecule has 0 saturated heterocycles. The van der Waals surface area contributed by atoms with Crippen LogP contribution in [-0.2, 0) is 66.1 Å². The lowest BCUT2D eigenvalue weighted by atomic mass is 10.2. The Kier molecular flexibility index (Phi) is 35.0. The molecule has 0 aromatic carbocycles. The summed E-state index contributed by atoms with van der Waals surface area (Å²) in [6.45, 7) is 23.3. The summed E-state index contributed by atoms with van der Waals surface area (Å²) in [5.41, 5.74) is 0. The predicted octanol–water partition coefficient (Wildman–Crippen LogP) is 2.68. The summed E-state index contributed by atoms with van der Waals surface area (Å²) in [5.74, 6) is -0.874. The molecule has 0 unspecified atom stereocenters. The molecule has 0 fully saturated rings. The molecule has 16 heteroatoms. The molecule has 0 aliphatic rings. The van der Waals surface area contributed by atoms with Crippen molar-refractivity contribution in [1.29, 1.82) is 0 Å².